The van der Waals surface area contributed by atoms with E-state index in [1.807, 2.05) is 60.9 Å². The number of benzene rings is 7. The van der Waals surface area contributed by atoms with Crippen LogP contribution >= 0.6 is 23.5 Å². The van der Waals surface area contributed by atoms with Crippen LogP contribution in [-0.2, 0) is 33.6 Å². The normalized spacial score (nSPS) is 15.6. The number of rotatable bonds is 17. The Morgan fingerprint density at radius 2 is 1.08 bits per heavy atom. The number of Topliss-reactive ketones (excluding diaryl/α,β-unsaturated/α-hetero) is 1. The summed E-state index contributed by atoms with van der Waals surface area (Å²) in [4.78, 5) is 78.0. The molecule has 2 unspecified atom stereocenters. The number of ketones is 1. The Labute approximate surface area is 419 Å². The minimum absolute atomic E-state index is 0.0327. The minimum atomic E-state index is -1.94. The smallest absolute Gasteiger partial charge is 0.230 e. The van der Waals surface area contributed by atoms with Crippen LogP contribution in [0.1, 0.15) is 42.0 Å². The molecule has 0 bridgehead atoms. The number of aliphatic hydroxyl groups is 1. The second-order valence-electron chi connectivity index (χ2n) is 18.1. The highest BCUT2D eigenvalue weighted by Crippen LogP contribution is 2.61. The Kier molecular flexibility index (Phi) is 12.5. The summed E-state index contributed by atoms with van der Waals surface area (Å²) in [6.07, 6.45) is 4.54. The van der Waals surface area contributed by atoms with Crippen LogP contribution in [0, 0.1) is 0 Å². The fourth-order valence-electron chi connectivity index (χ4n) is 11.0. The molecule has 0 spiro atoms. The average molecular weight is 1010 g/mol. The van der Waals surface area contributed by atoms with Crippen LogP contribution in [0.25, 0.3) is 64.9 Å². The molecule has 2 aromatic heterocycles. The fraction of sp³-hybridized carbons (Fsp3) is 0.278. The Bertz CT molecular complexity index is 3830. The molecule has 0 aliphatic heterocycles. The van der Waals surface area contributed by atoms with Crippen molar-refractivity contribution in [2.45, 2.75) is 54.4 Å². The second kappa shape index (κ2) is 18.6. The van der Waals surface area contributed by atoms with E-state index >= 15 is 9.59 Å². The Morgan fingerprint density at radius 1 is 0.639 bits per heavy atom. The van der Waals surface area contributed by atoms with Crippen LogP contribution in [0.4, 0.5) is 0 Å². The van der Waals surface area contributed by atoms with Gasteiger partial charge in [-0.2, -0.15) is 0 Å². The number of aromatic hydroxyl groups is 2. The van der Waals surface area contributed by atoms with Gasteiger partial charge in [0.25, 0.3) is 0 Å². The summed E-state index contributed by atoms with van der Waals surface area (Å²) < 4.78 is 24.2. The predicted molar refractivity (Wildman–Crippen MR) is 280 cm³/mol. The maximum atomic E-state index is 15.2. The van der Waals surface area contributed by atoms with Gasteiger partial charge in [-0.05, 0) is 60.7 Å². The largest absolute Gasteiger partial charge is 0.504 e. The van der Waals surface area contributed by atoms with Gasteiger partial charge in [0.2, 0.25) is 22.7 Å². The number of aromatic amines is 2. The molecule has 18 heteroatoms. The maximum Gasteiger partial charge on any atom is 0.230 e. The van der Waals surface area contributed by atoms with Crippen molar-refractivity contribution in [3.63, 3.8) is 0 Å². The highest BCUT2D eigenvalue weighted by molar-refractivity contribution is 8.00. The van der Waals surface area contributed by atoms with Gasteiger partial charge < -0.3 is 54.9 Å². The molecule has 16 nitrogen and oxygen atoms in total. The van der Waals surface area contributed by atoms with Crippen molar-refractivity contribution >= 4 is 106 Å². The predicted octanol–water partition coefficient (Wildman–Crippen LogP) is 7.19. The zero-order valence-electron chi connectivity index (χ0n) is 40.1. The number of H-pyrrole nitrogens is 2. The molecule has 1 aliphatic carbocycles. The summed E-state index contributed by atoms with van der Waals surface area (Å²) in [7, 11) is 5.23. The molecule has 0 radical (unpaired) electrons. The van der Waals surface area contributed by atoms with Gasteiger partial charge >= 0.3 is 0 Å². The van der Waals surface area contributed by atoms with Gasteiger partial charge in [-0.25, -0.2) is 0 Å². The number of aromatic nitrogens is 2. The lowest BCUT2D eigenvalue weighted by Gasteiger charge is -2.32. The van der Waals surface area contributed by atoms with Gasteiger partial charge in [-0.3, -0.25) is 24.0 Å². The third kappa shape index (κ3) is 7.53. The van der Waals surface area contributed by atoms with Gasteiger partial charge in [-0.1, -0.05) is 36.4 Å². The lowest BCUT2D eigenvalue weighted by Crippen LogP contribution is -2.38. The third-order valence-electron chi connectivity index (χ3n) is 13.9. The number of thioether (sulfide) groups is 2. The molecule has 2 heterocycles. The maximum absolute atomic E-state index is 15.2. The van der Waals surface area contributed by atoms with Crippen LogP contribution in [-0.4, -0.2) is 102 Å². The van der Waals surface area contributed by atoms with Crippen molar-refractivity contribution in [1.82, 2.24) is 20.6 Å². The van der Waals surface area contributed by atoms with Crippen LogP contribution in [0.5, 0.6) is 34.5 Å². The minimum Gasteiger partial charge on any atom is -0.504 e. The number of fused-ring (bicyclic) bond motifs is 3. The molecular weight excluding hydrogens is 961 g/mol. The summed E-state index contributed by atoms with van der Waals surface area (Å²) in [6.45, 7) is 3.32. The van der Waals surface area contributed by atoms with E-state index in [9.17, 15) is 29.7 Å². The number of ether oxygens (including phenoxy) is 4. The highest BCUT2D eigenvalue weighted by Gasteiger charge is 2.47. The summed E-state index contributed by atoms with van der Waals surface area (Å²) in [5, 5.41) is 45.6. The highest BCUT2D eigenvalue weighted by atomic mass is 32.2. The number of phenolic OH excluding ortho intramolecular Hbond substituents is 2. The number of carbonyl (C=O) groups excluding carboxylic acids is 3. The first kappa shape index (κ1) is 48.2. The first-order chi connectivity index (χ1) is 34.7. The van der Waals surface area contributed by atoms with Crippen molar-refractivity contribution in [3.8, 4) is 34.5 Å². The van der Waals surface area contributed by atoms with Crippen LogP contribution in [0.3, 0.4) is 0 Å². The van der Waals surface area contributed by atoms with E-state index in [0.717, 1.165) is 56.5 Å². The molecule has 0 saturated heterocycles. The first-order valence-corrected chi connectivity index (χ1v) is 25.1. The molecule has 7 N–H and O–H groups in total. The number of nitrogens with one attached hydrogen (secondary N) is 4. The standard InChI is InChI=1S/C54H50N4O12S2/c1-24(59)43-40-35-34-29(19-54(43,2)66)48(67-3)44(62)41-36(34)38(50(69-5)52(46(41)64)71-22-32(60)55-17-15-25-20-57-30-13-9-7-11-27(25)30)39-37(35)42(45(63)49(40)68-4)47(65)53(51(39)70-6)72-23-33(61)56-18-16-26-21-58-31-14-10-8-12-28(26)31/h7-14,20-21,43,57-58,62-63,66H,15-19,22-23H2,1-6H3,(H,55,60)(H,56,61). The van der Waals surface area contributed by atoms with Crippen molar-refractivity contribution in [3.05, 3.63) is 104 Å². The van der Waals surface area contributed by atoms with E-state index < -0.39 is 51.5 Å². The molecular formula is C54H50N4O12S2. The summed E-state index contributed by atoms with van der Waals surface area (Å²) in [5.41, 5.74) is 0.819. The number of phenols is 2. The number of amides is 2. The molecule has 9 aromatic rings. The monoisotopic (exact) mass is 1010 g/mol. The average Bonchev–Trinajstić information content (AvgIpc) is 3.94. The molecule has 7 aromatic carbocycles. The molecule has 370 valence electrons. The van der Waals surface area contributed by atoms with E-state index in [-0.39, 0.29) is 105 Å². The van der Waals surface area contributed by atoms with Gasteiger partial charge in [0.15, 0.2) is 23.0 Å². The SMILES string of the molecule is COc1c(O)c2c(=O)c(SCC(=O)NCCc3c[nH]c4ccccc34)c(OC)c3c4c(OC)c(SCC(=O)NCCc5c[nH]c6ccccc56)c(=O)c5c(O)c(OC)c6c(c(c1CC(C)(O)C6C(C)=O)c23)c54. The quantitative estimate of drug-likeness (QED) is 0.0272. The number of methoxy groups -OCH3 is 4. The first-order valence-electron chi connectivity index (χ1n) is 23.1. The van der Waals surface area contributed by atoms with E-state index in [2.05, 4.69) is 20.6 Å². The van der Waals surface area contributed by atoms with Crippen molar-refractivity contribution in [2.75, 3.05) is 53.0 Å². The van der Waals surface area contributed by atoms with Crippen molar-refractivity contribution in [2.24, 2.45) is 0 Å². The van der Waals surface area contributed by atoms with E-state index in [1.165, 1.54) is 42.3 Å². The molecule has 72 heavy (non-hydrogen) atoms. The summed E-state index contributed by atoms with van der Waals surface area (Å²) >= 11 is 1.75. The van der Waals surface area contributed by atoms with Crippen molar-refractivity contribution in [1.29, 1.82) is 0 Å². The zero-order valence-corrected chi connectivity index (χ0v) is 41.8. The molecule has 10 rings (SSSR count). The third-order valence-corrected chi connectivity index (χ3v) is 16.0. The lowest BCUT2D eigenvalue weighted by atomic mass is 9.77. The van der Waals surface area contributed by atoms with E-state index in [4.69, 9.17) is 18.9 Å². The van der Waals surface area contributed by atoms with Gasteiger partial charge in [0.1, 0.15) is 17.3 Å². The molecule has 2 amide bonds. The molecule has 1 aliphatic rings. The number of hydrogen-bond donors (Lipinski definition) is 7. The second-order valence-corrected chi connectivity index (χ2v) is 20.1. The Hall–Kier alpha value is -7.41. The number of carbonyl (C=O) groups is 3. The molecule has 2 atom stereocenters. The summed E-state index contributed by atoms with van der Waals surface area (Å²) in [5.74, 6) is -4.97. The van der Waals surface area contributed by atoms with Crippen LogP contribution in [0.15, 0.2) is 80.3 Å². The van der Waals surface area contributed by atoms with E-state index in [0.29, 0.717) is 25.9 Å². The van der Waals surface area contributed by atoms with Gasteiger partial charge in [0, 0.05) is 86.4 Å². The molecule has 0 saturated carbocycles. The van der Waals surface area contributed by atoms with Crippen LogP contribution < -0.4 is 40.4 Å². The summed E-state index contributed by atoms with van der Waals surface area (Å²) in [6, 6.07) is 15.7. The molecule has 0 fully saturated rings. The van der Waals surface area contributed by atoms with Crippen molar-refractivity contribution < 1.29 is 48.7 Å². The number of hydrogen-bond acceptors (Lipinski definition) is 14. The Balaban J connectivity index is 1.17. The Morgan fingerprint density at radius 3 is 1.54 bits per heavy atom. The topological polar surface area (TPSA) is 239 Å². The van der Waals surface area contributed by atoms with E-state index in [1.54, 1.807) is 0 Å². The number of para-hydroxylation sites is 2. The van der Waals surface area contributed by atoms with Crippen LogP contribution in [0.2, 0.25) is 0 Å². The zero-order chi connectivity index (χ0) is 50.9. The lowest BCUT2D eigenvalue weighted by molar-refractivity contribution is -0.124. The fourth-order valence-corrected chi connectivity index (χ4v) is 12.9. The van der Waals surface area contributed by atoms with Gasteiger partial charge in [-0.15, -0.1) is 23.5 Å². The van der Waals surface area contributed by atoms with Gasteiger partial charge in [0.05, 0.1) is 72.0 Å².